The highest BCUT2D eigenvalue weighted by atomic mass is 79.9. The van der Waals surface area contributed by atoms with Gasteiger partial charge in [-0.3, -0.25) is 4.79 Å². The second-order valence-corrected chi connectivity index (χ2v) is 4.96. The minimum atomic E-state index is -0.0323. The van der Waals surface area contributed by atoms with Crippen LogP contribution in [0.5, 0.6) is 5.75 Å². The summed E-state index contributed by atoms with van der Waals surface area (Å²) in [6.45, 7) is 5.74. The number of benzene rings is 1. The van der Waals surface area contributed by atoms with Crippen LogP contribution in [0.3, 0.4) is 0 Å². The zero-order valence-electron chi connectivity index (χ0n) is 10.3. The third-order valence-electron chi connectivity index (χ3n) is 3.16. The second-order valence-electron chi connectivity index (χ2n) is 4.16. The summed E-state index contributed by atoms with van der Waals surface area (Å²) in [5, 5.41) is 1.01. The number of aryl methyl sites for hydroxylation is 2. The molecule has 17 heavy (non-hydrogen) atoms. The normalized spacial score (nSPS) is 10.9. The molecule has 0 saturated heterocycles. The Labute approximate surface area is 108 Å². The van der Waals surface area contributed by atoms with Crippen molar-refractivity contribution in [3.63, 3.8) is 0 Å². The van der Waals surface area contributed by atoms with Gasteiger partial charge >= 0.3 is 0 Å². The maximum atomic E-state index is 11.8. The van der Waals surface area contributed by atoms with Crippen LogP contribution in [0.15, 0.2) is 15.3 Å². The van der Waals surface area contributed by atoms with Crippen LogP contribution in [0.2, 0.25) is 0 Å². The van der Waals surface area contributed by atoms with E-state index in [2.05, 4.69) is 20.9 Å². The maximum Gasteiger partial charge on any atom is 0.251 e. The minimum Gasteiger partial charge on any atom is -0.496 e. The molecule has 0 fully saturated rings. The first kappa shape index (κ1) is 12.2. The number of ether oxygens (including phenoxy) is 1. The molecule has 0 aliphatic carbocycles. The number of aromatic amines is 1. The van der Waals surface area contributed by atoms with Crippen LogP contribution < -0.4 is 10.3 Å². The van der Waals surface area contributed by atoms with Crippen molar-refractivity contribution in [2.45, 2.75) is 20.8 Å². The van der Waals surface area contributed by atoms with E-state index in [0.29, 0.717) is 0 Å². The molecule has 0 atom stereocenters. The second kappa shape index (κ2) is 4.18. The Kier molecular flexibility index (Phi) is 3.00. The van der Waals surface area contributed by atoms with Crippen LogP contribution in [-0.2, 0) is 0 Å². The lowest BCUT2D eigenvalue weighted by molar-refractivity contribution is 0.412. The first-order valence-electron chi connectivity index (χ1n) is 5.33. The van der Waals surface area contributed by atoms with Gasteiger partial charge in [0, 0.05) is 10.9 Å². The van der Waals surface area contributed by atoms with Gasteiger partial charge in [0.15, 0.2) is 0 Å². The van der Waals surface area contributed by atoms with Crippen LogP contribution in [0.25, 0.3) is 10.9 Å². The Morgan fingerprint density at radius 2 is 1.88 bits per heavy atom. The summed E-state index contributed by atoms with van der Waals surface area (Å²) < 4.78 is 6.21. The Bertz CT molecular complexity index is 659. The lowest BCUT2D eigenvalue weighted by Crippen LogP contribution is -2.12. The van der Waals surface area contributed by atoms with Crippen molar-refractivity contribution in [1.29, 1.82) is 0 Å². The summed E-state index contributed by atoms with van der Waals surface area (Å²) >= 11 is 3.54. The molecule has 0 radical (unpaired) electrons. The number of hydrogen-bond donors (Lipinski definition) is 1. The van der Waals surface area contributed by atoms with Crippen LogP contribution in [-0.4, -0.2) is 12.1 Å². The van der Waals surface area contributed by atoms with Gasteiger partial charge in [-0.05, 0) is 53.9 Å². The molecule has 1 heterocycles. The lowest BCUT2D eigenvalue weighted by atomic mass is 10.0. The summed E-state index contributed by atoms with van der Waals surface area (Å²) in [5.74, 6) is 0.782. The molecule has 1 N–H and O–H groups in total. The number of methoxy groups -OCH3 is 1. The average Bonchev–Trinajstić information content (AvgIpc) is 2.30. The summed E-state index contributed by atoms with van der Waals surface area (Å²) in [7, 11) is 1.64. The Morgan fingerprint density at radius 3 is 2.47 bits per heavy atom. The van der Waals surface area contributed by atoms with Gasteiger partial charge in [-0.15, -0.1) is 0 Å². The number of hydrogen-bond acceptors (Lipinski definition) is 2. The summed E-state index contributed by atoms with van der Waals surface area (Å²) in [4.78, 5) is 14.7. The molecular weight excluding hydrogens is 282 g/mol. The van der Waals surface area contributed by atoms with Gasteiger partial charge < -0.3 is 9.72 Å². The number of nitrogens with one attached hydrogen (secondary N) is 1. The molecule has 0 aliphatic heterocycles. The van der Waals surface area contributed by atoms with Gasteiger partial charge in [0.05, 0.1) is 17.1 Å². The molecule has 0 saturated carbocycles. The van der Waals surface area contributed by atoms with E-state index in [1.165, 1.54) is 0 Å². The smallest absolute Gasteiger partial charge is 0.251 e. The molecule has 90 valence electrons. The Morgan fingerprint density at radius 1 is 1.24 bits per heavy atom. The molecule has 1 aromatic heterocycles. The number of aromatic nitrogens is 1. The van der Waals surface area contributed by atoms with Crippen molar-refractivity contribution < 1.29 is 4.74 Å². The SMILES string of the molecule is COc1cc(C)c2[nH]c(=O)c(C)c(C)c2c1Br. The van der Waals surface area contributed by atoms with Gasteiger partial charge in [-0.25, -0.2) is 0 Å². The van der Waals surface area contributed by atoms with Crippen LogP contribution in [0, 0.1) is 20.8 Å². The zero-order valence-corrected chi connectivity index (χ0v) is 11.9. The van der Waals surface area contributed by atoms with Crippen LogP contribution >= 0.6 is 15.9 Å². The fourth-order valence-electron chi connectivity index (χ4n) is 1.99. The van der Waals surface area contributed by atoms with E-state index >= 15 is 0 Å². The molecule has 0 bridgehead atoms. The van der Waals surface area contributed by atoms with E-state index in [1.807, 2.05) is 26.8 Å². The lowest BCUT2D eigenvalue weighted by Gasteiger charge is -2.13. The van der Waals surface area contributed by atoms with Crippen molar-refractivity contribution in [2.75, 3.05) is 7.11 Å². The molecule has 2 aromatic rings. The Balaban J connectivity index is 3.07. The summed E-state index contributed by atoms with van der Waals surface area (Å²) in [5.41, 5.74) is 3.56. The fourth-order valence-corrected chi connectivity index (χ4v) is 2.76. The van der Waals surface area contributed by atoms with Gasteiger partial charge in [-0.1, -0.05) is 0 Å². The van der Waals surface area contributed by atoms with E-state index < -0.39 is 0 Å². The van der Waals surface area contributed by atoms with E-state index in [1.54, 1.807) is 7.11 Å². The molecule has 4 heteroatoms. The molecule has 0 unspecified atom stereocenters. The zero-order chi connectivity index (χ0) is 12.7. The predicted molar refractivity (Wildman–Crippen MR) is 73.0 cm³/mol. The number of fused-ring (bicyclic) bond motifs is 1. The third-order valence-corrected chi connectivity index (χ3v) is 3.95. The summed E-state index contributed by atoms with van der Waals surface area (Å²) in [6, 6.07) is 1.91. The monoisotopic (exact) mass is 295 g/mol. The van der Waals surface area contributed by atoms with Gasteiger partial charge in [0.25, 0.3) is 5.56 Å². The minimum absolute atomic E-state index is 0.0323. The fraction of sp³-hybridized carbons (Fsp3) is 0.308. The van der Waals surface area contributed by atoms with Gasteiger partial charge in [0.2, 0.25) is 0 Å². The van der Waals surface area contributed by atoms with Crippen LogP contribution in [0.1, 0.15) is 16.7 Å². The largest absolute Gasteiger partial charge is 0.496 e. The van der Waals surface area contributed by atoms with Crippen molar-refractivity contribution in [1.82, 2.24) is 4.98 Å². The highest BCUT2D eigenvalue weighted by Gasteiger charge is 2.14. The van der Waals surface area contributed by atoms with E-state index in [-0.39, 0.29) is 5.56 Å². The summed E-state index contributed by atoms with van der Waals surface area (Å²) in [6.07, 6.45) is 0. The van der Waals surface area contributed by atoms with E-state index in [0.717, 1.165) is 37.8 Å². The number of halogens is 1. The van der Waals surface area contributed by atoms with Crippen molar-refractivity contribution in [2.24, 2.45) is 0 Å². The van der Waals surface area contributed by atoms with E-state index in [9.17, 15) is 4.79 Å². The third kappa shape index (κ3) is 1.76. The first-order chi connectivity index (χ1) is 7.97. The molecule has 0 spiro atoms. The maximum absolute atomic E-state index is 11.8. The highest BCUT2D eigenvalue weighted by Crippen LogP contribution is 2.36. The van der Waals surface area contributed by atoms with Crippen molar-refractivity contribution in [3.8, 4) is 5.75 Å². The highest BCUT2D eigenvalue weighted by molar-refractivity contribution is 9.10. The number of H-pyrrole nitrogens is 1. The molecule has 2 rings (SSSR count). The number of rotatable bonds is 1. The Hall–Kier alpha value is -1.29. The molecule has 1 aromatic carbocycles. The average molecular weight is 296 g/mol. The van der Waals surface area contributed by atoms with Crippen molar-refractivity contribution >= 4 is 26.8 Å². The van der Waals surface area contributed by atoms with Gasteiger partial charge in [-0.2, -0.15) is 0 Å². The molecule has 0 aliphatic rings. The molecule has 0 amide bonds. The van der Waals surface area contributed by atoms with Gasteiger partial charge in [0.1, 0.15) is 5.75 Å². The first-order valence-corrected chi connectivity index (χ1v) is 6.13. The van der Waals surface area contributed by atoms with E-state index in [4.69, 9.17) is 4.74 Å². The predicted octanol–water partition coefficient (Wildman–Crippen LogP) is 3.22. The molecular formula is C13H14BrNO2. The van der Waals surface area contributed by atoms with Crippen molar-refractivity contribution in [3.05, 3.63) is 37.6 Å². The van der Waals surface area contributed by atoms with Crippen LogP contribution in [0.4, 0.5) is 0 Å². The topological polar surface area (TPSA) is 42.1 Å². The number of pyridine rings is 1. The quantitative estimate of drug-likeness (QED) is 0.878. The standard InChI is InChI=1S/C13H14BrNO2/c1-6-5-9(17-4)11(14)10-7(2)8(3)13(16)15-12(6)10/h5H,1-4H3,(H,15,16). The molecule has 3 nitrogen and oxygen atoms in total.